The van der Waals surface area contributed by atoms with Gasteiger partial charge in [0.2, 0.25) is 0 Å². The maximum atomic E-state index is 4.30. The Balaban J connectivity index is 2.06. The lowest BCUT2D eigenvalue weighted by Gasteiger charge is -2.00. The normalized spacial score (nSPS) is 10.9. The molecule has 0 spiro atoms. The van der Waals surface area contributed by atoms with Crippen molar-refractivity contribution >= 4 is 49.9 Å². The Morgan fingerprint density at radius 1 is 1.32 bits per heavy atom. The quantitative estimate of drug-likeness (QED) is 0.530. The van der Waals surface area contributed by atoms with Crippen LogP contribution in [0.1, 0.15) is 18.4 Å². The lowest BCUT2D eigenvalue weighted by molar-refractivity contribution is 0.668. The number of benzene rings is 1. The van der Waals surface area contributed by atoms with E-state index in [4.69, 9.17) is 0 Å². The summed E-state index contributed by atoms with van der Waals surface area (Å²) in [5, 5.41) is 14.0. The summed E-state index contributed by atoms with van der Waals surface area (Å²) >= 11 is 7.52. The molecule has 0 saturated heterocycles. The van der Waals surface area contributed by atoms with Crippen LogP contribution in [0.25, 0.3) is 10.6 Å². The predicted octanol–water partition coefficient (Wildman–Crippen LogP) is 4.11. The van der Waals surface area contributed by atoms with E-state index in [0.29, 0.717) is 0 Å². The Morgan fingerprint density at radius 3 is 2.95 bits per heavy atom. The lowest BCUT2D eigenvalue weighted by Crippen LogP contribution is -2.17. The van der Waals surface area contributed by atoms with Crippen molar-refractivity contribution in [3.63, 3.8) is 0 Å². The van der Waals surface area contributed by atoms with E-state index >= 15 is 0 Å². The van der Waals surface area contributed by atoms with Crippen LogP contribution in [0, 0.1) is 3.57 Å². The molecule has 2 rings (SSSR count). The fourth-order valence-electron chi connectivity index (χ4n) is 1.62. The van der Waals surface area contributed by atoms with Gasteiger partial charge in [-0.15, -0.1) is 10.2 Å². The number of aromatic nitrogens is 2. The summed E-state index contributed by atoms with van der Waals surface area (Å²) in [4.78, 5) is 0. The van der Waals surface area contributed by atoms with Crippen molar-refractivity contribution in [2.45, 2.75) is 19.8 Å². The van der Waals surface area contributed by atoms with Crippen LogP contribution in [0.15, 0.2) is 22.7 Å². The highest BCUT2D eigenvalue weighted by atomic mass is 127. The van der Waals surface area contributed by atoms with E-state index in [9.17, 15) is 0 Å². The average Bonchev–Trinajstić information content (AvgIpc) is 2.86. The Kier molecular flexibility index (Phi) is 6.18. The molecule has 19 heavy (non-hydrogen) atoms. The van der Waals surface area contributed by atoms with Crippen LogP contribution in [0.5, 0.6) is 0 Å². The Morgan fingerprint density at radius 2 is 2.16 bits per heavy atom. The van der Waals surface area contributed by atoms with Gasteiger partial charge in [-0.05, 0) is 53.8 Å². The molecule has 0 radical (unpaired) electrons. The molecule has 6 heteroatoms. The average molecular weight is 452 g/mol. The molecule has 0 unspecified atom stereocenters. The molecule has 102 valence electrons. The molecule has 0 atom stereocenters. The van der Waals surface area contributed by atoms with Gasteiger partial charge in [-0.2, -0.15) is 0 Å². The molecule has 1 N–H and O–H groups in total. The topological polar surface area (TPSA) is 37.8 Å². The van der Waals surface area contributed by atoms with E-state index in [-0.39, 0.29) is 0 Å². The number of hydrogen-bond donors (Lipinski definition) is 1. The molecule has 0 aliphatic heterocycles. The standard InChI is InChI=1S/C13H15BrIN3S/c1-2-6-16-7-5-12-17-18-13(19-12)10-8-9(14)3-4-11(10)15/h3-4,8,16H,2,5-7H2,1H3. The van der Waals surface area contributed by atoms with E-state index in [1.165, 1.54) is 3.57 Å². The zero-order valence-electron chi connectivity index (χ0n) is 10.6. The van der Waals surface area contributed by atoms with Crippen LogP contribution >= 0.6 is 49.9 Å². The minimum atomic E-state index is 0.947. The zero-order valence-corrected chi connectivity index (χ0v) is 15.2. The molecule has 2 aromatic rings. The van der Waals surface area contributed by atoms with Crippen LogP contribution < -0.4 is 5.32 Å². The highest BCUT2D eigenvalue weighted by Crippen LogP contribution is 2.30. The minimum absolute atomic E-state index is 0.947. The second kappa shape index (κ2) is 7.66. The molecule has 1 heterocycles. The SMILES string of the molecule is CCCNCCc1nnc(-c2cc(Br)ccc2I)s1. The van der Waals surface area contributed by atoms with Crippen molar-refractivity contribution in [3.8, 4) is 10.6 Å². The Bertz CT molecular complexity index is 544. The number of nitrogens with one attached hydrogen (secondary N) is 1. The number of nitrogens with zero attached hydrogens (tertiary/aromatic N) is 2. The maximum Gasteiger partial charge on any atom is 0.148 e. The van der Waals surface area contributed by atoms with Gasteiger partial charge in [-0.25, -0.2) is 0 Å². The smallest absolute Gasteiger partial charge is 0.148 e. The van der Waals surface area contributed by atoms with E-state index in [1.54, 1.807) is 11.3 Å². The van der Waals surface area contributed by atoms with E-state index < -0.39 is 0 Å². The molecule has 0 aliphatic rings. The predicted molar refractivity (Wildman–Crippen MR) is 92.6 cm³/mol. The third-order valence-electron chi connectivity index (χ3n) is 2.57. The van der Waals surface area contributed by atoms with Crippen LogP contribution in [-0.2, 0) is 6.42 Å². The van der Waals surface area contributed by atoms with Crippen molar-refractivity contribution in [2.24, 2.45) is 0 Å². The van der Waals surface area contributed by atoms with E-state index in [1.807, 2.05) is 6.07 Å². The third-order valence-corrected chi connectivity index (χ3v) is 5.02. The summed E-state index contributed by atoms with van der Waals surface area (Å²) in [6, 6.07) is 6.23. The Labute approximate surface area is 139 Å². The van der Waals surface area contributed by atoms with Crippen molar-refractivity contribution in [3.05, 3.63) is 31.2 Å². The van der Waals surface area contributed by atoms with Gasteiger partial charge in [0.1, 0.15) is 10.0 Å². The largest absolute Gasteiger partial charge is 0.316 e. The lowest BCUT2D eigenvalue weighted by atomic mass is 10.2. The van der Waals surface area contributed by atoms with Gasteiger partial charge in [0.15, 0.2) is 0 Å². The molecule has 0 fully saturated rings. The molecule has 0 saturated carbocycles. The van der Waals surface area contributed by atoms with Gasteiger partial charge in [-0.3, -0.25) is 0 Å². The van der Waals surface area contributed by atoms with Crippen LogP contribution in [0.4, 0.5) is 0 Å². The second-order valence-corrected chi connectivity index (χ2v) is 7.27. The molecular formula is C13H15BrIN3S. The van der Waals surface area contributed by atoms with Gasteiger partial charge >= 0.3 is 0 Å². The van der Waals surface area contributed by atoms with Gasteiger partial charge in [0.05, 0.1) is 0 Å². The first kappa shape index (κ1) is 15.3. The molecule has 0 aliphatic carbocycles. The van der Waals surface area contributed by atoms with Crippen LogP contribution in [0.3, 0.4) is 0 Å². The summed E-state index contributed by atoms with van der Waals surface area (Å²) in [7, 11) is 0. The van der Waals surface area contributed by atoms with Gasteiger partial charge in [-0.1, -0.05) is 34.2 Å². The molecule has 1 aromatic heterocycles. The Hall–Kier alpha value is -0.0500. The monoisotopic (exact) mass is 451 g/mol. The number of hydrogen-bond acceptors (Lipinski definition) is 4. The highest BCUT2D eigenvalue weighted by Gasteiger charge is 2.10. The molecule has 0 amide bonds. The summed E-state index contributed by atoms with van der Waals surface area (Å²) in [5.41, 5.74) is 1.15. The summed E-state index contributed by atoms with van der Waals surface area (Å²) in [6.07, 6.45) is 2.11. The van der Waals surface area contributed by atoms with Gasteiger partial charge in [0.25, 0.3) is 0 Å². The van der Waals surface area contributed by atoms with Crippen molar-refractivity contribution in [1.29, 1.82) is 0 Å². The highest BCUT2D eigenvalue weighted by molar-refractivity contribution is 14.1. The van der Waals surface area contributed by atoms with Gasteiger partial charge < -0.3 is 5.32 Å². The number of rotatable bonds is 6. The summed E-state index contributed by atoms with van der Waals surface area (Å²) < 4.78 is 2.27. The maximum absolute atomic E-state index is 4.30. The van der Waals surface area contributed by atoms with Crippen molar-refractivity contribution < 1.29 is 0 Å². The van der Waals surface area contributed by atoms with Gasteiger partial charge in [0, 0.05) is 26.6 Å². The molecule has 3 nitrogen and oxygen atoms in total. The van der Waals surface area contributed by atoms with Crippen molar-refractivity contribution in [2.75, 3.05) is 13.1 Å². The fraction of sp³-hybridized carbons (Fsp3) is 0.385. The van der Waals surface area contributed by atoms with Crippen LogP contribution in [-0.4, -0.2) is 23.3 Å². The zero-order chi connectivity index (χ0) is 13.7. The van der Waals surface area contributed by atoms with Crippen molar-refractivity contribution in [1.82, 2.24) is 15.5 Å². The first-order valence-corrected chi connectivity index (χ1v) is 8.88. The minimum Gasteiger partial charge on any atom is -0.316 e. The van der Waals surface area contributed by atoms with E-state index in [0.717, 1.165) is 46.0 Å². The fourth-order valence-corrected chi connectivity index (χ4v) is 3.63. The summed E-state index contributed by atoms with van der Waals surface area (Å²) in [5.74, 6) is 0. The molecule has 1 aromatic carbocycles. The first-order valence-electron chi connectivity index (χ1n) is 6.19. The first-order chi connectivity index (χ1) is 9.20. The van der Waals surface area contributed by atoms with E-state index in [2.05, 4.69) is 73.1 Å². The molecular weight excluding hydrogens is 437 g/mol. The number of halogens is 2. The molecule has 0 bridgehead atoms. The van der Waals surface area contributed by atoms with Crippen LogP contribution in [0.2, 0.25) is 0 Å². The third kappa shape index (κ3) is 4.47. The summed E-state index contributed by atoms with van der Waals surface area (Å²) in [6.45, 7) is 4.21. The second-order valence-electron chi connectivity index (χ2n) is 4.13.